The fourth-order valence-electron chi connectivity index (χ4n) is 1.97. The number of nitrogens with two attached hydrogens (primary N) is 1. The van der Waals surface area contributed by atoms with Crippen LogP contribution in [0.4, 0.5) is 21.9 Å². The number of hydrogen-bond acceptors (Lipinski definition) is 5. The van der Waals surface area contributed by atoms with Crippen molar-refractivity contribution in [2.75, 3.05) is 29.6 Å². The second-order valence-electron chi connectivity index (χ2n) is 4.87. The van der Waals surface area contributed by atoms with Crippen molar-refractivity contribution in [2.24, 2.45) is 5.14 Å². The largest absolute Gasteiger partial charge is 0.497 e. The number of carbonyl (C=O) groups is 1. The molecule has 0 heterocycles. The van der Waals surface area contributed by atoms with Gasteiger partial charge in [-0.3, -0.25) is 4.72 Å². The van der Waals surface area contributed by atoms with Gasteiger partial charge in [-0.05, 0) is 36.4 Å². The molecule has 9 nitrogen and oxygen atoms in total. The van der Waals surface area contributed by atoms with Crippen LogP contribution in [0.2, 0.25) is 0 Å². The zero-order chi connectivity index (χ0) is 18.4. The summed E-state index contributed by atoms with van der Waals surface area (Å²) in [6.07, 6.45) is 0. The average Bonchev–Trinajstić information content (AvgIpc) is 2.55. The first-order valence-corrected chi connectivity index (χ1v) is 8.56. The van der Waals surface area contributed by atoms with Crippen LogP contribution in [0.25, 0.3) is 0 Å². The monoisotopic (exact) mass is 366 g/mol. The van der Waals surface area contributed by atoms with Gasteiger partial charge in [-0.15, -0.1) is 0 Å². The molecular formula is C15H18N4O5S. The summed E-state index contributed by atoms with van der Waals surface area (Å²) in [5.41, 5.74) is 1.21. The van der Waals surface area contributed by atoms with Crippen molar-refractivity contribution in [3.63, 3.8) is 0 Å². The highest BCUT2D eigenvalue weighted by atomic mass is 32.2. The van der Waals surface area contributed by atoms with E-state index >= 15 is 0 Å². The molecule has 2 amide bonds. The fourth-order valence-corrected chi connectivity index (χ4v) is 2.44. The van der Waals surface area contributed by atoms with Crippen molar-refractivity contribution < 1.29 is 22.7 Å². The minimum atomic E-state index is -3.84. The van der Waals surface area contributed by atoms with Crippen molar-refractivity contribution in [2.45, 2.75) is 0 Å². The van der Waals surface area contributed by atoms with Crippen LogP contribution in [0.1, 0.15) is 0 Å². The van der Waals surface area contributed by atoms with Crippen molar-refractivity contribution in [1.29, 1.82) is 0 Å². The Morgan fingerprint density at radius 1 is 0.960 bits per heavy atom. The maximum atomic E-state index is 12.1. The Hall–Kier alpha value is -2.98. The van der Waals surface area contributed by atoms with Gasteiger partial charge in [0.05, 0.1) is 19.9 Å². The van der Waals surface area contributed by atoms with Crippen LogP contribution >= 0.6 is 0 Å². The van der Waals surface area contributed by atoms with E-state index in [-0.39, 0.29) is 5.69 Å². The molecular weight excluding hydrogens is 348 g/mol. The predicted octanol–water partition coefficient (Wildman–Crippen LogP) is 1.96. The van der Waals surface area contributed by atoms with Gasteiger partial charge < -0.3 is 20.1 Å². The molecule has 0 saturated heterocycles. The van der Waals surface area contributed by atoms with Gasteiger partial charge in [-0.2, -0.15) is 8.42 Å². The Bertz CT molecular complexity index is 853. The fraction of sp³-hybridized carbons (Fsp3) is 0.133. The summed E-state index contributed by atoms with van der Waals surface area (Å²) < 4.78 is 34.3. The molecule has 0 bridgehead atoms. The number of ether oxygens (including phenoxy) is 2. The SMILES string of the molecule is COc1ccc(NC(=O)Nc2ccc(NS(N)(=O)=O)cc2)c(OC)c1. The van der Waals surface area contributed by atoms with Gasteiger partial charge in [0.15, 0.2) is 0 Å². The molecule has 10 heteroatoms. The zero-order valence-corrected chi connectivity index (χ0v) is 14.4. The van der Waals surface area contributed by atoms with E-state index < -0.39 is 16.2 Å². The maximum absolute atomic E-state index is 12.1. The summed E-state index contributed by atoms with van der Waals surface area (Å²) in [6, 6.07) is 10.5. The van der Waals surface area contributed by atoms with E-state index in [1.54, 1.807) is 18.2 Å². The Balaban J connectivity index is 2.03. The van der Waals surface area contributed by atoms with Crippen molar-refractivity contribution >= 4 is 33.3 Å². The zero-order valence-electron chi connectivity index (χ0n) is 13.6. The van der Waals surface area contributed by atoms with E-state index in [0.717, 1.165) is 0 Å². The number of carbonyl (C=O) groups excluding carboxylic acids is 1. The van der Waals surface area contributed by atoms with Crippen LogP contribution in [0.5, 0.6) is 11.5 Å². The first kappa shape index (κ1) is 18.4. The van der Waals surface area contributed by atoms with Crippen LogP contribution in [0, 0.1) is 0 Å². The summed E-state index contributed by atoms with van der Waals surface area (Å²) in [4.78, 5) is 12.1. The number of urea groups is 1. The standard InChI is InChI=1S/C15H18N4O5S/c1-23-12-7-8-13(14(9-12)24-2)18-15(20)17-10-3-5-11(6-4-10)19-25(16,21)22/h3-9,19H,1-2H3,(H2,16,21,22)(H2,17,18,20). The quantitative estimate of drug-likeness (QED) is 0.620. The number of hydrogen-bond donors (Lipinski definition) is 4. The van der Waals surface area contributed by atoms with Gasteiger partial charge >= 0.3 is 6.03 Å². The summed E-state index contributed by atoms with van der Waals surface area (Å²) in [5, 5.41) is 10.1. The number of amides is 2. The third-order valence-corrected chi connectivity index (χ3v) is 3.58. The molecule has 25 heavy (non-hydrogen) atoms. The number of nitrogens with one attached hydrogen (secondary N) is 3. The second-order valence-corrected chi connectivity index (χ2v) is 6.16. The Kier molecular flexibility index (Phi) is 5.67. The van der Waals surface area contributed by atoms with Crippen LogP contribution < -0.4 is 30.0 Å². The number of anilines is 3. The van der Waals surface area contributed by atoms with Gasteiger partial charge in [-0.1, -0.05) is 0 Å². The molecule has 2 aromatic carbocycles. The molecule has 2 aromatic rings. The van der Waals surface area contributed by atoms with E-state index in [2.05, 4.69) is 15.4 Å². The molecule has 5 N–H and O–H groups in total. The lowest BCUT2D eigenvalue weighted by Gasteiger charge is -2.12. The minimum absolute atomic E-state index is 0.283. The van der Waals surface area contributed by atoms with Gasteiger partial charge in [-0.25, -0.2) is 9.93 Å². The first-order chi connectivity index (χ1) is 11.8. The lowest BCUT2D eigenvalue weighted by Crippen LogP contribution is -2.22. The molecule has 134 valence electrons. The highest BCUT2D eigenvalue weighted by molar-refractivity contribution is 7.90. The van der Waals surface area contributed by atoms with Crippen molar-refractivity contribution in [3.8, 4) is 11.5 Å². The minimum Gasteiger partial charge on any atom is -0.497 e. The summed E-state index contributed by atoms with van der Waals surface area (Å²) >= 11 is 0. The molecule has 0 aliphatic heterocycles. The van der Waals surface area contributed by atoms with Crippen molar-refractivity contribution in [3.05, 3.63) is 42.5 Å². The Labute approximate surface area is 145 Å². The third-order valence-electron chi connectivity index (χ3n) is 3.06. The maximum Gasteiger partial charge on any atom is 0.323 e. The van der Waals surface area contributed by atoms with Crippen molar-refractivity contribution in [1.82, 2.24) is 0 Å². The molecule has 0 aliphatic carbocycles. The van der Waals surface area contributed by atoms with Crippen LogP contribution in [0.15, 0.2) is 42.5 Å². The van der Waals surface area contributed by atoms with Crippen LogP contribution in [-0.2, 0) is 10.2 Å². The van der Waals surface area contributed by atoms with E-state index in [4.69, 9.17) is 14.6 Å². The molecule has 0 aliphatic rings. The lowest BCUT2D eigenvalue weighted by atomic mass is 10.2. The molecule has 0 atom stereocenters. The second kappa shape index (κ2) is 7.73. The summed E-state index contributed by atoms with van der Waals surface area (Å²) in [7, 11) is -0.829. The van der Waals surface area contributed by atoms with Gasteiger partial charge in [0.2, 0.25) is 0 Å². The highest BCUT2D eigenvalue weighted by Gasteiger charge is 2.09. The lowest BCUT2D eigenvalue weighted by molar-refractivity contribution is 0.262. The summed E-state index contributed by atoms with van der Waals surface area (Å²) in [6.45, 7) is 0. The molecule has 0 unspecified atom stereocenters. The molecule has 2 rings (SSSR count). The Morgan fingerprint density at radius 3 is 2.16 bits per heavy atom. The number of rotatable bonds is 6. The average molecular weight is 366 g/mol. The Morgan fingerprint density at radius 2 is 1.60 bits per heavy atom. The predicted molar refractivity (Wildman–Crippen MR) is 95.4 cm³/mol. The number of benzene rings is 2. The smallest absolute Gasteiger partial charge is 0.323 e. The summed E-state index contributed by atoms with van der Waals surface area (Å²) in [5.74, 6) is 1.04. The number of methoxy groups -OCH3 is 2. The molecule has 0 aromatic heterocycles. The van der Waals surface area contributed by atoms with Gasteiger partial charge in [0, 0.05) is 17.4 Å². The van der Waals surface area contributed by atoms with Crippen LogP contribution in [-0.4, -0.2) is 28.7 Å². The van der Waals surface area contributed by atoms with Gasteiger partial charge in [0.25, 0.3) is 10.2 Å². The molecule has 0 fully saturated rings. The van der Waals surface area contributed by atoms with Gasteiger partial charge in [0.1, 0.15) is 11.5 Å². The van der Waals surface area contributed by atoms with Crippen LogP contribution in [0.3, 0.4) is 0 Å². The highest BCUT2D eigenvalue weighted by Crippen LogP contribution is 2.29. The topological polar surface area (TPSA) is 132 Å². The normalized spacial score (nSPS) is 10.7. The van der Waals surface area contributed by atoms with E-state index in [1.165, 1.54) is 38.5 Å². The van der Waals surface area contributed by atoms with E-state index in [1.807, 2.05) is 0 Å². The molecule has 0 spiro atoms. The van der Waals surface area contributed by atoms with E-state index in [9.17, 15) is 13.2 Å². The molecule has 0 saturated carbocycles. The molecule has 0 radical (unpaired) electrons. The third kappa shape index (κ3) is 5.55. The first-order valence-electron chi connectivity index (χ1n) is 7.01. The van der Waals surface area contributed by atoms with E-state index in [0.29, 0.717) is 22.9 Å².